The molecule has 0 aliphatic heterocycles. The number of rotatable bonds is 7. The van der Waals surface area contributed by atoms with Crippen LogP contribution in [-0.2, 0) is 20.7 Å². The number of carbonyl (C=O) groups excluding carboxylic acids is 2. The summed E-state index contributed by atoms with van der Waals surface area (Å²) in [5.74, 6) is 0.138. The second-order valence-electron chi connectivity index (χ2n) is 7.90. The molecule has 1 unspecified atom stereocenters. The van der Waals surface area contributed by atoms with Crippen molar-refractivity contribution in [2.24, 2.45) is 0 Å². The van der Waals surface area contributed by atoms with Crippen LogP contribution in [-0.4, -0.2) is 43.4 Å². The van der Waals surface area contributed by atoms with Crippen LogP contribution in [0.15, 0.2) is 62.1 Å². The van der Waals surface area contributed by atoms with E-state index in [0.29, 0.717) is 18.9 Å². The van der Waals surface area contributed by atoms with E-state index >= 15 is 0 Å². The van der Waals surface area contributed by atoms with E-state index in [9.17, 15) is 4.79 Å². The number of H-pyrrole nitrogens is 1. The monoisotopic (exact) mass is 509 g/mol. The van der Waals surface area contributed by atoms with E-state index in [0.717, 1.165) is 6.42 Å². The van der Waals surface area contributed by atoms with Gasteiger partial charge in [-0.25, -0.2) is 4.98 Å². The summed E-state index contributed by atoms with van der Waals surface area (Å²) < 4.78 is 4.37. The number of methoxy groups -OCH3 is 1. The maximum atomic E-state index is 10.3. The first-order valence-corrected chi connectivity index (χ1v) is 12.5. The standard InChI is InChI=1S/C21H24N2.C5H11NO2.C2H6.C2H4.CH2O/c1-14-8-9-18(10-16(14)3)11-20(21-12-22-13-23-21)19-7-5-6-15(2)17(19)4;1-6-4-3-5(7)8-2;3*1-2/h5-10,12-13,20H,11H2,1-4H3,(H,22,23);6H,3-4H2,1-2H3;1-2H3;1-2H2;1H2. The van der Waals surface area contributed by atoms with Crippen molar-refractivity contribution >= 4 is 12.8 Å². The Morgan fingerprint density at radius 3 is 2.19 bits per heavy atom. The van der Waals surface area contributed by atoms with Crippen molar-refractivity contribution in [3.8, 4) is 0 Å². The van der Waals surface area contributed by atoms with Gasteiger partial charge in [0.1, 0.15) is 6.79 Å². The molecule has 0 aliphatic carbocycles. The molecule has 1 atom stereocenters. The number of nitrogens with one attached hydrogen (secondary N) is 2. The first-order valence-electron chi connectivity index (χ1n) is 12.5. The molecule has 204 valence electrons. The van der Waals surface area contributed by atoms with Crippen LogP contribution in [0, 0.1) is 27.7 Å². The fourth-order valence-electron chi connectivity index (χ4n) is 3.49. The van der Waals surface area contributed by atoms with Gasteiger partial charge in [0.2, 0.25) is 0 Å². The summed E-state index contributed by atoms with van der Waals surface area (Å²) in [6.07, 6.45) is 5.15. The molecule has 0 amide bonds. The zero-order valence-electron chi connectivity index (χ0n) is 24.1. The third kappa shape index (κ3) is 12.8. The number of benzene rings is 2. The summed E-state index contributed by atoms with van der Waals surface area (Å²) in [4.78, 5) is 25.9. The number of aryl methyl sites for hydroxylation is 3. The Morgan fingerprint density at radius 1 is 1.03 bits per heavy atom. The lowest BCUT2D eigenvalue weighted by Gasteiger charge is -2.20. The molecule has 0 bridgehead atoms. The zero-order valence-corrected chi connectivity index (χ0v) is 24.1. The fourth-order valence-corrected chi connectivity index (χ4v) is 3.49. The molecule has 0 saturated heterocycles. The van der Waals surface area contributed by atoms with Gasteiger partial charge in [-0.1, -0.05) is 50.2 Å². The van der Waals surface area contributed by atoms with Crippen molar-refractivity contribution in [3.63, 3.8) is 0 Å². The van der Waals surface area contributed by atoms with Gasteiger partial charge in [0.25, 0.3) is 0 Å². The number of ether oxygens (including phenoxy) is 1. The van der Waals surface area contributed by atoms with Crippen LogP contribution < -0.4 is 5.32 Å². The third-order valence-corrected chi connectivity index (χ3v) is 5.73. The average molecular weight is 510 g/mol. The Morgan fingerprint density at radius 2 is 1.68 bits per heavy atom. The van der Waals surface area contributed by atoms with Gasteiger partial charge in [0, 0.05) is 24.4 Å². The number of carbonyl (C=O) groups is 2. The van der Waals surface area contributed by atoms with Crippen LogP contribution in [0.25, 0.3) is 0 Å². The smallest absolute Gasteiger partial charge is 0.306 e. The molecule has 0 aliphatic rings. The minimum atomic E-state index is -0.167. The van der Waals surface area contributed by atoms with Gasteiger partial charge in [0.05, 0.1) is 19.9 Å². The lowest BCUT2D eigenvalue weighted by atomic mass is 9.85. The SMILES string of the molecule is C=C.C=O.CC.CNCCC(=O)OC.Cc1ccc(CC(c2cnc[nH]2)c2cccc(C)c2C)cc1C. The summed E-state index contributed by atoms with van der Waals surface area (Å²) in [7, 11) is 3.18. The van der Waals surface area contributed by atoms with E-state index in [1.54, 1.807) is 13.4 Å². The van der Waals surface area contributed by atoms with E-state index in [4.69, 9.17) is 4.79 Å². The molecule has 0 saturated carbocycles. The van der Waals surface area contributed by atoms with E-state index in [-0.39, 0.29) is 5.97 Å². The number of aromatic amines is 1. The molecule has 37 heavy (non-hydrogen) atoms. The maximum absolute atomic E-state index is 10.3. The number of aromatic nitrogens is 2. The van der Waals surface area contributed by atoms with Gasteiger partial charge in [-0.15, -0.1) is 13.2 Å². The molecule has 6 nitrogen and oxygen atoms in total. The normalized spacial score (nSPS) is 9.95. The Bertz CT molecular complexity index is 999. The van der Waals surface area contributed by atoms with Gasteiger partial charge >= 0.3 is 5.97 Å². The topological polar surface area (TPSA) is 84.1 Å². The molecular weight excluding hydrogens is 462 g/mol. The lowest BCUT2D eigenvalue weighted by Crippen LogP contribution is -2.13. The van der Waals surface area contributed by atoms with Crippen LogP contribution in [0.4, 0.5) is 0 Å². The van der Waals surface area contributed by atoms with Crippen LogP contribution in [0.1, 0.15) is 65.3 Å². The van der Waals surface area contributed by atoms with Gasteiger partial charge in [0.15, 0.2) is 0 Å². The molecule has 0 radical (unpaired) electrons. The molecule has 1 heterocycles. The predicted octanol–water partition coefficient (Wildman–Crippen LogP) is 6.43. The van der Waals surface area contributed by atoms with E-state index in [1.807, 2.05) is 26.8 Å². The molecular formula is C31H47N3O3. The second kappa shape index (κ2) is 21.7. The molecule has 2 N–H and O–H groups in total. The van der Waals surface area contributed by atoms with Crippen LogP contribution >= 0.6 is 0 Å². The minimum Gasteiger partial charge on any atom is -0.469 e. The first kappa shape index (κ1) is 35.7. The van der Waals surface area contributed by atoms with Gasteiger partial charge < -0.3 is 19.8 Å². The lowest BCUT2D eigenvalue weighted by molar-refractivity contribution is -0.140. The largest absolute Gasteiger partial charge is 0.469 e. The van der Waals surface area contributed by atoms with Crippen molar-refractivity contribution in [1.82, 2.24) is 15.3 Å². The highest BCUT2D eigenvalue weighted by Gasteiger charge is 2.19. The van der Waals surface area contributed by atoms with E-state index in [2.05, 4.69) is 97.3 Å². The first-order chi connectivity index (χ1) is 17.9. The molecule has 0 spiro atoms. The summed E-state index contributed by atoms with van der Waals surface area (Å²) in [5.41, 5.74) is 9.34. The van der Waals surface area contributed by atoms with Crippen LogP contribution in [0.5, 0.6) is 0 Å². The average Bonchev–Trinajstić information content (AvgIpc) is 3.48. The van der Waals surface area contributed by atoms with E-state index < -0.39 is 0 Å². The fraction of sp³-hybridized carbons (Fsp3) is 0.387. The van der Waals surface area contributed by atoms with Crippen molar-refractivity contribution in [1.29, 1.82) is 0 Å². The van der Waals surface area contributed by atoms with Crippen molar-refractivity contribution in [3.05, 3.63) is 101 Å². The Hall–Kier alpha value is -3.51. The van der Waals surface area contributed by atoms with Crippen LogP contribution in [0.2, 0.25) is 0 Å². The molecule has 0 fully saturated rings. The Labute approximate surface area is 224 Å². The van der Waals surface area contributed by atoms with Gasteiger partial charge in [-0.05, 0) is 74.5 Å². The molecule has 3 aromatic rings. The highest BCUT2D eigenvalue weighted by Crippen LogP contribution is 2.31. The number of imidazole rings is 1. The van der Waals surface area contributed by atoms with Crippen LogP contribution in [0.3, 0.4) is 0 Å². The summed E-state index contributed by atoms with van der Waals surface area (Å²) >= 11 is 0. The summed E-state index contributed by atoms with van der Waals surface area (Å²) in [6, 6.07) is 13.4. The number of hydrogen-bond acceptors (Lipinski definition) is 5. The van der Waals surface area contributed by atoms with E-state index in [1.165, 1.54) is 46.2 Å². The Kier molecular flexibility index (Phi) is 21.0. The summed E-state index contributed by atoms with van der Waals surface area (Å²) in [5, 5.41) is 2.83. The maximum Gasteiger partial charge on any atom is 0.306 e. The van der Waals surface area contributed by atoms with Gasteiger partial charge in [-0.2, -0.15) is 0 Å². The third-order valence-electron chi connectivity index (χ3n) is 5.73. The highest BCUT2D eigenvalue weighted by molar-refractivity contribution is 5.69. The zero-order chi connectivity index (χ0) is 28.8. The number of nitrogens with zero attached hydrogens (tertiary/aromatic N) is 1. The Balaban J connectivity index is 0. The number of hydrogen-bond donors (Lipinski definition) is 2. The molecule has 1 aromatic heterocycles. The van der Waals surface area contributed by atoms with Crippen molar-refractivity contribution < 1.29 is 14.3 Å². The molecule has 2 aromatic carbocycles. The highest BCUT2D eigenvalue weighted by atomic mass is 16.5. The van der Waals surface area contributed by atoms with Crippen molar-refractivity contribution in [2.75, 3.05) is 20.7 Å². The van der Waals surface area contributed by atoms with Crippen molar-refractivity contribution in [2.45, 2.75) is 60.3 Å². The molecule has 6 heteroatoms. The number of esters is 1. The second-order valence-corrected chi connectivity index (χ2v) is 7.90. The molecule has 3 rings (SSSR count). The summed E-state index contributed by atoms with van der Waals surface area (Å²) in [6.45, 7) is 21.4. The van der Waals surface area contributed by atoms with Gasteiger partial charge in [-0.3, -0.25) is 4.79 Å². The minimum absolute atomic E-state index is 0.167. The predicted molar refractivity (Wildman–Crippen MR) is 156 cm³/mol. The quantitative estimate of drug-likeness (QED) is 0.283.